The van der Waals surface area contributed by atoms with E-state index in [2.05, 4.69) is 252 Å². The Morgan fingerprint density at radius 2 is 0.746 bits per heavy atom. The Kier molecular flexibility index (Phi) is 7.85. The van der Waals surface area contributed by atoms with Crippen molar-refractivity contribution in [2.24, 2.45) is 0 Å². The molecule has 294 valence electrons. The van der Waals surface area contributed by atoms with Gasteiger partial charge in [0.2, 0.25) is 0 Å². The van der Waals surface area contributed by atoms with Crippen LogP contribution in [0.2, 0.25) is 0 Å². The summed E-state index contributed by atoms with van der Waals surface area (Å²) in [5.41, 5.74) is 21.6. The van der Waals surface area contributed by atoms with E-state index in [9.17, 15) is 0 Å². The van der Waals surface area contributed by atoms with E-state index in [1.54, 1.807) is 0 Å². The van der Waals surface area contributed by atoms with E-state index in [-0.39, 0.29) is 0 Å². The summed E-state index contributed by atoms with van der Waals surface area (Å²) < 4.78 is 2.50. The number of hydrogen-bond acceptors (Lipinski definition) is 1. The molecule has 0 unspecified atom stereocenters. The van der Waals surface area contributed by atoms with E-state index in [0.717, 1.165) is 17.1 Å². The van der Waals surface area contributed by atoms with Gasteiger partial charge < -0.3 is 9.47 Å². The highest BCUT2D eigenvalue weighted by atomic mass is 15.1. The SMILES string of the molecule is c1ccc(-c2ccc(N(c3ccc(-c4ccccc4)cc3)c3ccc4c(c3)C3(c5ccccc5-c5ccccc53)c3cccc(-n5c6ccccc6c6ccccc65)c3-4)cc2)cc1. The normalized spacial score (nSPS) is 12.9. The van der Waals surface area contributed by atoms with Crippen molar-refractivity contribution in [3.63, 3.8) is 0 Å². The molecule has 2 heteroatoms. The quantitative estimate of drug-likeness (QED) is 0.163. The molecule has 13 rings (SSSR count). The number of anilines is 3. The van der Waals surface area contributed by atoms with E-state index in [1.807, 2.05) is 0 Å². The van der Waals surface area contributed by atoms with Crippen LogP contribution in [0.25, 0.3) is 72.0 Å². The molecule has 0 saturated carbocycles. The molecule has 1 spiro atoms. The Labute approximate surface area is 367 Å². The first kappa shape index (κ1) is 35.5. The lowest BCUT2D eigenvalue weighted by atomic mass is 9.70. The van der Waals surface area contributed by atoms with Gasteiger partial charge in [0, 0.05) is 33.4 Å². The molecule has 0 saturated heterocycles. The molecule has 1 aromatic heterocycles. The van der Waals surface area contributed by atoms with Gasteiger partial charge >= 0.3 is 0 Å². The predicted molar refractivity (Wildman–Crippen MR) is 263 cm³/mol. The Morgan fingerprint density at radius 1 is 0.302 bits per heavy atom. The summed E-state index contributed by atoms with van der Waals surface area (Å²) in [6, 6.07) is 89.5. The third-order valence-corrected chi connectivity index (χ3v) is 13.6. The second-order valence-electron chi connectivity index (χ2n) is 16.8. The maximum absolute atomic E-state index is 2.50. The highest BCUT2D eigenvalue weighted by molar-refractivity contribution is 6.10. The molecular formula is C61H40N2. The molecule has 2 nitrogen and oxygen atoms in total. The van der Waals surface area contributed by atoms with Crippen molar-refractivity contribution >= 4 is 38.9 Å². The maximum atomic E-state index is 2.50. The molecule has 0 bridgehead atoms. The highest BCUT2D eigenvalue weighted by Crippen LogP contribution is 2.64. The molecule has 1 heterocycles. The summed E-state index contributed by atoms with van der Waals surface area (Å²) in [6.07, 6.45) is 0. The van der Waals surface area contributed by atoms with E-state index < -0.39 is 5.41 Å². The molecule has 0 atom stereocenters. The van der Waals surface area contributed by atoms with Gasteiger partial charge in [-0.15, -0.1) is 0 Å². The first-order valence-electron chi connectivity index (χ1n) is 21.8. The maximum Gasteiger partial charge on any atom is 0.0727 e. The Hall–Kier alpha value is -8.20. The summed E-state index contributed by atoms with van der Waals surface area (Å²) in [6.45, 7) is 0. The number of nitrogens with zero attached hydrogens (tertiary/aromatic N) is 2. The number of para-hydroxylation sites is 2. The van der Waals surface area contributed by atoms with Crippen LogP contribution in [0.3, 0.4) is 0 Å². The van der Waals surface area contributed by atoms with Gasteiger partial charge in [-0.1, -0.05) is 188 Å². The van der Waals surface area contributed by atoms with Crippen molar-refractivity contribution in [3.05, 3.63) is 265 Å². The second kappa shape index (κ2) is 13.9. The van der Waals surface area contributed by atoms with Crippen LogP contribution in [0.15, 0.2) is 243 Å². The van der Waals surface area contributed by atoms with Gasteiger partial charge in [0.1, 0.15) is 0 Å². The largest absolute Gasteiger partial charge is 0.310 e. The fraction of sp³-hybridized carbons (Fsp3) is 0.0164. The van der Waals surface area contributed by atoms with Crippen molar-refractivity contribution in [2.75, 3.05) is 4.90 Å². The molecular weight excluding hydrogens is 761 g/mol. The average Bonchev–Trinajstić information content (AvgIpc) is 3.97. The number of aromatic nitrogens is 1. The van der Waals surface area contributed by atoms with Crippen LogP contribution in [0.1, 0.15) is 22.3 Å². The van der Waals surface area contributed by atoms with Crippen molar-refractivity contribution in [1.29, 1.82) is 0 Å². The Balaban J connectivity index is 1.08. The van der Waals surface area contributed by atoms with Crippen LogP contribution in [0.4, 0.5) is 17.1 Å². The second-order valence-corrected chi connectivity index (χ2v) is 16.8. The van der Waals surface area contributed by atoms with Gasteiger partial charge in [-0.25, -0.2) is 0 Å². The van der Waals surface area contributed by atoms with E-state index >= 15 is 0 Å². The zero-order valence-corrected chi connectivity index (χ0v) is 34.5. The van der Waals surface area contributed by atoms with Crippen molar-refractivity contribution in [1.82, 2.24) is 4.57 Å². The number of hydrogen-bond donors (Lipinski definition) is 0. The lowest BCUT2D eigenvalue weighted by Gasteiger charge is -2.32. The van der Waals surface area contributed by atoms with Crippen LogP contribution >= 0.6 is 0 Å². The van der Waals surface area contributed by atoms with Gasteiger partial charge in [0.05, 0.1) is 22.1 Å². The number of fused-ring (bicyclic) bond motifs is 13. The molecule has 0 N–H and O–H groups in total. The van der Waals surface area contributed by atoms with Gasteiger partial charge in [-0.05, 0) is 116 Å². The van der Waals surface area contributed by atoms with Gasteiger partial charge in [0.25, 0.3) is 0 Å². The van der Waals surface area contributed by atoms with Gasteiger partial charge in [-0.3, -0.25) is 0 Å². The summed E-state index contributed by atoms with van der Waals surface area (Å²) in [7, 11) is 0. The zero-order valence-electron chi connectivity index (χ0n) is 34.5. The van der Waals surface area contributed by atoms with Gasteiger partial charge in [-0.2, -0.15) is 0 Å². The Morgan fingerprint density at radius 3 is 1.30 bits per heavy atom. The molecule has 2 aliphatic carbocycles. The lowest BCUT2D eigenvalue weighted by molar-refractivity contribution is 0.793. The number of benzene rings is 10. The summed E-state index contributed by atoms with van der Waals surface area (Å²) in [5.74, 6) is 0. The average molecular weight is 801 g/mol. The van der Waals surface area contributed by atoms with Crippen molar-refractivity contribution < 1.29 is 0 Å². The van der Waals surface area contributed by atoms with Gasteiger partial charge in [0.15, 0.2) is 0 Å². The topological polar surface area (TPSA) is 8.17 Å². The minimum Gasteiger partial charge on any atom is -0.310 e. The standard InChI is InChI=1S/C61H40N2/c1-3-16-41(17-4-1)43-30-34-45(35-31-43)62(46-36-32-44(33-37-46)42-18-5-2-6-19-42)47-38-39-52-56(40-47)61(53-24-11-7-20-48(53)49-21-8-12-25-54(49)61)55-26-15-29-59(60(52)55)63-57-27-13-9-22-50(57)51-23-10-14-28-58(51)63/h1-40H. The molecule has 10 aromatic carbocycles. The third kappa shape index (κ3) is 5.19. The van der Waals surface area contributed by atoms with Crippen LogP contribution in [-0.2, 0) is 5.41 Å². The third-order valence-electron chi connectivity index (χ3n) is 13.6. The summed E-state index contributed by atoms with van der Waals surface area (Å²) >= 11 is 0. The minimum atomic E-state index is -0.539. The minimum absolute atomic E-state index is 0.539. The van der Waals surface area contributed by atoms with Crippen LogP contribution in [-0.4, -0.2) is 4.57 Å². The lowest BCUT2D eigenvalue weighted by Crippen LogP contribution is -2.26. The molecule has 0 amide bonds. The summed E-state index contributed by atoms with van der Waals surface area (Å²) in [5, 5.41) is 2.52. The summed E-state index contributed by atoms with van der Waals surface area (Å²) in [4.78, 5) is 2.43. The molecule has 0 radical (unpaired) electrons. The van der Waals surface area contributed by atoms with E-state index in [0.29, 0.717) is 0 Å². The van der Waals surface area contributed by atoms with E-state index in [4.69, 9.17) is 0 Å². The number of rotatable bonds is 6. The molecule has 2 aliphatic rings. The van der Waals surface area contributed by atoms with Crippen molar-refractivity contribution in [2.45, 2.75) is 5.41 Å². The first-order valence-corrected chi connectivity index (χ1v) is 21.8. The predicted octanol–water partition coefficient (Wildman–Crippen LogP) is 15.9. The van der Waals surface area contributed by atoms with Crippen LogP contribution < -0.4 is 4.90 Å². The molecule has 0 aliphatic heterocycles. The molecule has 11 aromatic rings. The van der Waals surface area contributed by atoms with E-state index in [1.165, 1.54) is 94.3 Å². The monoisotopic (exact) mass is 800 g/mol. The zero-order chi connectivity index (χ0) is 41.5. The van der Waals surface area contributed by atoms with Crippen LogP contribution in [0.5, 0.6) is 0 Å². The molecule has 63 heavy (non-hydrogen) atoms. The highest BCUT2D eigenvalue weighted by Gasteiger charge is 2.52. The fourth-order valence-corrected chi connectivity index (χ4v) is 11.0. The Bertz CT molecular complexity index is 3360. The smallest absolute Gasteiger partial charge is 0.0727 e. The van der Waals surface area contributed by atoms with Crippen molar-refractivity contribution in [3.8, 4) is 50.2 Å². The molecule has 0 fully saturated rings. The van der Waals surface area contributed by atoms with Crippen LogP contribution in [0, 0.1) is 0 Å². The first-order chi connectivity index (χ1) is 31.3. The fourth-order valence-electron chi connectivity index (χ4n) is 11.0.